The summed E-state index contributed by atoms with van der Waals surface area (Å²) < 4.78 is 0.910. The molecule has 0 atom stereocenters. The molecule has 2 rings (SSSR count). The Morgan fingerprint density at radius 3 is 2.58 bits per heavy atom. The van der Waals surface area contributed by atoms with Crippen LogP contribution in [0, 0.1) is 5.92 Å². The van der Waals surface area contributed by atoms with E-state index in [2.05, 4.69) is 39.9 Å². The van der Waals surface area contributed by atoms with E-state index < -0.39 is 0 Å². The van der Waals surface area contributed by atoms with Crippen molar-refractivity contribution in [3.63, 3.8) is 0 Å². The van der Waals surface area contributed by atoms with Crippen LogP contribution < -0.4 is 4.90 Å². The smallest absolute Gasteiger partial charge is 0.160 e. The predicted molar refractivity (Wildman–Crippen MR) is 84.0 cm³/mol. The number of rotatable bonds is 4. The molecule has 0 spiro atoms. The zero-order chi connectivity index (χ0) is 13.8. The van der Waals surface area contributed by atoms with Gasteiger partial charge in [0.05, 0.1) is 0 Å². The topological polar surface area (TPSA) is 20.3 Å². The van der Waals surface area contributed by atoms with E-state index in [1.807, 2.05) is 6.07 Å². The van der Waals surface area contributed by atoms with Crippen LogP contribution in [-0.2, 0) is 0 Å². The minimum atomic E-state index is 0.111. The van der Waals surface area contributed by atoms with Crippen LogP contribution in [-0.4, -0.2) is 18.9 Å². The lowest BCUT2D eigenvalue weighted by Crippen LogP contribution is -2.33. The SMILES string of the molecule is CCCC1CCN(c2ccc(C(C)=O)c(Br)c2)CC1. The van der Waals surface area contributed by atoms with Crippen LogP contribution in [0.25, 0.3) is 0 Å². The first-order valence-electron chi connectivity index (χ1n) is 7.17. The second-order valence-corrected chi connectivity index (χ2v) is 6.29. The number of carbonyl (C=O) groups is 1. The highest BCUT2D eigenvalue weighted by Gasteiger charge is 2.19. The first-order valence-corrected chi connectivity index (χ1v) is 7.96. The van der Waals surface area contributed by atoms with E-state index in [-0.39, 0.29) is 5.78 Å². The second-order valence-electron chi connectivity index (χ2n) is 5.44. The number of benzene rings is 1. The summed E-state index contributed by atoms with van der Waals surface area (Å²) in [7, 11) is 0. The van der Waals surface area contributed by atoms with E-state index in [9.17, 15) is 4.79 Å². The number of carbonyl (C=O) groups excluding carboxylic acids is 1. The van der Waals surface area contributed by atoms with Gasteiger partial charge in [0.15, 0.2) is 5.78 Å². The fourth-order valence-electron chi connectivity index (χ4n) is 2.87. The highest BCUT2D eigenvalue weighted by atomic mass is 79.9. The van der Waals surface area contributed by atoms with Crippen molar-refractivity contribution in [3.05, 3.63) is 28.2 Å². The maximum absolute atomic E-state index is 11.4. The Bertz CT molecular complexity index is 450. The Balaban J connectivity index is 2.04. The van der Waals surface area contributed by atoms with Crippen LogP contribution in [0.4, 0.5) is 5.69 Å². The molecule has 0 aliphatic carbocycles. The highest BCUT2D eigenvalue weighted by molar-refractivity contribution is 9.10. The van der Waals surface area contributed by atoms with Gasteiger partial charge in [0.25, 0.3) is 0 Å². The second kappa shape index (κ2) is 6.56. The largest absolute Gasteiger partial charge is 0.371 e. The van der Waals surface area contributed by atoms with Gasteiger partial charge >= 0.3 is 0 Å². The van der Waals surface area contributed by atoms with Crippen LogP contribution in [0.5, 0.6) is 0 Å². The first kappa shape index (κ1) is 14.6. The maximum Gasteiger partial charge on any atom is 0.160 e. The third kappa shape index (κ3) is 3.59. The molecular weight excluding hydrogens is 302 g/mol. The van der Waals surface area contributed by atoms with Crippen LogP contribution in [0.2, 0.25) is 0 Å². The summed E-state index contributed by atoms with van der Waals surface area (Å²) in [5, 5.41) is 0. The highest BCUT2D eigenvalue weighted by Crippen LogP contribution is 2.29. The van der Waals surface area contributed by atoms with Gasteiger partial charge in [-0.1, -0.05) is 19.8 Å². The number of hydrogen-bond acceptors (Lipinski definition) is 2. The summed E-state index contributed by atoms with van der Waals surface area (Å²) in [6.07, 6.45) is 5.24. The summed E-state index contributed by atoms with van der Waals surface area (Å²) in [6, 6.07) is 6.08. The van der Waals surface area contributed by atoms with E-state index in [1.165, 1.54) is 31.4 Å². The van der Waals surface area contributed by atoms with Gasteiger partial charge in [-0.2, -0.15) is 0 Å². The molecule has 0 N–H and O–H groups in total. The van der Waals surface area contributed by atoms with Gasteiger partial charge in [-0.25, -0.2) is 0 Å². The van der Waals surface area contributed by atoms with Crippen molar-refractivity contribution in [2.24, 2.45) is 5.92 Å². The molecule has 2 nitrogen and oxygen atoms in total. The lowest BCUT2D eigenvalue weighted by Gasteiger charge is -2.33. The molecule has 1 fully saturated rings. The molecule has 0 radical (unpaired) electrons. The maximum atomic E-state index is 11.4. The minimum absolute atomic E-state index is 0.111. The Kier molecular flexibility index (Phi) is 5.03. The molecule has 1 aliphatic heterocycles. The molecular formula is C16H22BrNO. The quantitative estimate of drug-likeness (QED) is 0.750. The number of piperidine rings is 1. The number of halogens is 1. The van der Waals surface area contributed by atoms with Gasteiger partial charge in [-0.15, -0.1) is 0 Å². The van der Waals surface area contributed by atoms with Crippen LogP contribution in [0.3, 0.4) is 0 Å². The minimum Gasteiger partial charge on any atom is -0.371 e. The molecule has 0 bridgehead atoms. The average Bonchev–Trinajstić information content (AvgIpc) is 2.39. The number of nitrogens with zero attached hydrogens (tertiary/aromatic N) is 1. The van der Waals surface area contributed by atoms with Gasteiger partial charge in [-0.3, -0.25) is 4.79 Å². The van der Waals surface area contributed by atoms with E-state index in [0.717, 1.165) is 29.0 Å². The average molecular weight is 324 g/mol. The molecule has 3 heteroatoms. The van der Waals surface area contributed by atoms with Crippen molar-refractivity contribution >= 4 is 27.4 Å². The Morgan fingerprint density at radius 2 is 2.05 bits per heavy atom. The third-order valence-electron chi connectivity index (χ3n) is 4.01. The molecule has 1 heterocycles. The van der Waals surface area contributed by atoms with Gasteiger partial charge in [0.1, 0.15) is 0 Å². The molecule has 104 valence electrons. The molecule has 1 saturated heterocycles. The van der Waals surface area contributed by atoms with Crippen molar-refractivity contribution in [1.29, 1.82) is 0 Å². The lowest BCUT2D eigenvalue weighted by molar-refractivity contribution is 0.101. The van der Waals surface area contributed by atoms with Crippen LogP contribution in [0.1, 0.15) is 49.9 Å². The predicted octanol–water partition coefficient (Wildman–Crippen LogP) is 4.67. The van der Waals surface area contributed by atoms with Crippen LogP contribution >= 0.6 is 15.9 Å². The summed E-state index contributed by atoms with van der Waals surface area (Å²) in [5.74, 6) is 1.02. The summed E-state index contributed by atoms with van der Waals surface area (Å²) in [6.45, 7) is 6.15. The van der Waals surface area contributed by atoms with Crippen molar-refractivity contribution < 1.29 is 4.79 Å². The monoisotopic (exact) mass is 323 g/mol. The fraction of sp³-hybridized carbons (Fsp3) is 0.562. The normalized spacial score (nSPS) is 16.7. The van der Waals surface area contributed by atoms with Gasteiger partial charge in [0, 0.05) is 28.8 Å². The van der Waals surface area contributed by atoms with Gasteiger partial charge in [-0.05, 0) is 59.8 Å². The van der Waals surface area contributed by atoms with Gasteiger partial charge in [0.2, 0.25) is 0 Å². The van der Waals surface area contributed by atoms with Crippen molar-refractivity contribution in [3.8, 4) is 0 Å². The van der Waals surface area contributed by atoms with E-state index in [1.54, 1.807) is 6.92 Å². The summed E-state index contributed by atoms with van der Waals surface area (Å²) in [4.78, 5) is 13.9. The zero-order valence-corrected chi connectivity index (χ0v) is 13.4. The number of hydrogen-bond donors (Lipinski definition) is 0. The molecule has 1 aromatic rings. The molecule has 19 heavy (non-hydrogen) atoms. The summed E-state index contributed by atoms with van der Waals surface area (Å²) >= 11 is 3.50. The first-order chi connectivity index (χ1) is 9.11. The van der Waals surface area contributed by atoms with Crippen molar-refractivity contribution in [2.45, 2.75) is 39.5 Å². The van der Waals surface area contributed by atoms with Crippen molar-refractivity contribution in [1.82, 2.24) is 0 Å². The Labute approximate surface area is 124 Å². The van der Waals surface area contributed by atoms with E-state index >= 15 is 0 Å². The van der Waals surface area contributed by atoms with E-state index in [0.29, 0.717) is 0 Å². The lowest BCUT2D eigenvalue weighted by atomic mass is 9.92. The van der Waals surface area contributed by atoms with E-state index in [4.69, 9.17) is 0 Å². The van der Waals surface area contributed by atoms with Crippen LogP contribution in [0.15, 0.2) is 22.7 Å². The molecule has 0 amide bonds. The molecule has 1 aliphatic rings. The molecule has 1 aromatic carbocycles. The molecule has 0 aromatic heterocycles. The number of Topliss-reactive ketones (excluding diaryl/α,β-unsaturated/α-hetero) is 1. The fourth-order valence-corrected chi connectivity index (χ4v) is 3.52. The molecule has 0 unspecified atom stereocenters. The van der Waals surface area contributed by atoms with Gasteiger partial charge < -0.3 is 4.90 Å². The third-order valence-corrected chi connectivity index (χ3v) is 4.66. The number of anilines is 1. The van der Waals surface area contributed by atoms with Crippen molar-refractivity contribution in [2.75, 3.05) is 18.0 Å². The zero-order valence-electron chi connectivity index (χ0n) is 11.8. The summed E-state index contributed by atoms with van der Waals surface area (Å²) in [5.41, 5.74) is 2.00. The Morgan fingerprint density at radius 1 is 1.37 bits per heavy atom. The Hall–Kier alpha value is -0.830. The standard InChI is InChI=1S/C16H22BrNO/c1-3-4-13-7-9-18(10-8-13)14-5-6-15(12(2)19)16(17)11-14/h5-6,11,13H,3-4,7-10H2,1-2H3. The number of ketones is 1. The molecule has 0 saturated carbocycles.